The van der Waals surface area contributed by atoms with Crippen molar-refractivity contribution in [3.63, 3.8) is 0 Å². The summed E-state index contributed by atoms with van der Waals surface area (Å²) in [6, 6.07) is -1.36. The van der Waals surface area contributed by atoms with Crippen molar-refractivity contribution in [3.05, 3.63) is 0 Å². The number of carbonyl (C=O) groups excluding carboxylic acids is 1. The maximum absolute atomic E-state index is 12.1. The molecule has 0 aromatic rings. The van der Waals surface area contributed by atoms with Crippen LogP contribution >= 0.6 is 0 Å². The molecule has 17 heavy (non-hydrogen) atoms. The molecule has 2 N–H and O–H groups in total. The van der Waals surface area contributed by atoms with Gasteiger partial charge in [-0.05, 0) is 26.2 Å². The van der Waals surface area contributed by atoms with Crippen LogP contribution in [0.25, 0.3) is 0 Å². The van der Waals surface area contributed by atoms with Crippen molar-refractivity contribution >= 4 is 12.0 Å². The van der Waals surface area contributed by atoms with E-state index in [1.807, 2.05) is 0 Å². The molecule has 2 amide bonds. The average Bonchev–Trinajstić information content (AvgIpc) is 2.35. The van der Waals surface area contributed by atoms with Crippen LogP contribution in [0, 0.1) is 0 Å². The fourth-order valence-corrected chi connectivity index (χ4v) is 1.93. The Hall–Kier alpha value is -1.30. The van der Waals surface area contributed by atoms with Gasteiger partial charge in [-0.2, -0.15) is 0 Å². The summed E-state index contributed by atoms with van der Waals surface area (Å²) < 4.78 is 0. The number of nitrogens with zero attached hydrogens (tertiary/aromatic N) is 2. The molecule has 1 saturated heterocycles. The van der Waals surface area contributed by atoms with Gasteiger partial charge in [0.05, 0.1) is 12.6 Å². The molecule has 6 heteroatoms. The Morgan fingerprint density at radius 1 is 1.47 bits per heavy atom. The first kappa shape index (κ1) is 13.8. The number of likely N-dealkylation sites (N-methyl/N-ethyl adjacent to an activating group) is 1. The second kappa shape index (κ2) is 5.86. The van der Waals surface area contributed by atoms with Gasteiger partial charge in [-0.15, -0.1) is 0 Å². The number of amides is 2. The van der Waals surface area contributed by atoms with Gasteiger partial charge in [-0.3, -0.25) is 0 Å². The van der Waals surface area contributed by atoms with Crippen molar-refractivity contribution in [1.29, 1.82) is 0 Å². The largest absolute Gasteiger partial charge is 0.480 e. The van der Waals surface area contributed by atoms with Crippen LogP contribution in [0.4, 0.5) is 4.79 Å². The molecule has 1 heterocycles. The summed E-state index contributed by atoms with van der Waals surface area (Å²) >= 11 is 0. The molecule has 0 aromatic heterocycles. The molecule has 2 atom stereocenters. The Bertz CT molecular complexity index is 295. The normalized spacial score (nSPS) is 22.1. The molecule has 1 aliphatic rings. The van der Waals surface area contributed by atoms with Crippen LogP contribution in [0.2, 0.25) is 0 Å². The molecule has 0 saturated carbocycles. The van der Waals surface area contributed by atoms with Gasteiger partial charge in [-0.25, -0.2) is 9.59 Å². The van der Waals surface area contributed by atoms with Gasteiger partial charge in [-0.1, -0.05) is 0 Å². The van der Waals surface area contributed by atoms with E-state index in [0.717, 1.165) is 12.8 Å². The number of likely N-dealkylation sites (tertiary alicyclic amines) is 1. The molecule has 1 fully saturated rings. The van der Waals surface area contributed by atoms with Crippen molar-refractivity contribution in [1.82, 2.24) is 9.80 Å². The molecule has 0 aliphatic carbocycles. The molecule has 0 bridgehead atoms. The maximum Gasteiger partial charge on any atom is 0.326 e. The van der Waals surface area contributed by atoms with Crippen LogP contribution in [0.15, 0.2) is 0 Å². The first-order valence-electron chi connectivity index (χ1n) is 5.86. The highest BCUT2D eigenvalue weighted by Gasteiger charge is 2.34. The zero-order valence-corrected chi connectivity index (χ0v) is 10.3. The van der Waals surface area contributed by atoms with E-state index in [0.29, 0.717) is 13.0 Å². The highest BCUT2D eigenvalue weighted by atomic mass is 16.4. The highest BCUT2D eigenvalue weighted by molar-refractivity contribution is 5.83. The number of carboxylic acids is 1. The van der Waals surface area contributed by atoms with E-state index in [-0.39, 0.29) is 18.7 Å². The first-order chi connectivity index (χ1) is 7.99. The lowest BCUT2D eigenvalue weighted by atomic mass is 10.0. The smallest absolute Gasteiger partial charge is 0.326 e. The van der Waals surface area contributed by atoms with Gasteiger partial charge >= 0.3 is 12.0 Å². The van der Waals surface area contributed by atoms with Crippen LogP contribution < -0.4 is 0 Å². The Morgan fingerprint density at radius 3 is 2.65 bits per heavy atom. The van der Waals surface area contributed by atoms with Crippen LogP contribution in [-0.4, -0.2) is 64.3 Å². The molecule has 0 radical (unpaired) electrons. The molecule has 1 aliphatic heterocycles. The van der Waals surface area contributed by atoms with Crippen LogP contribution in [0.1, 0.15) is 26.2 Å². The standard InChI is InChI=1S/C11H20N2O4/c1-8(7-14)12(2)11(17)13-6-4-3-5-9(13)10(15)16/h8-9,14H,3-7H2,1-2H3,(H,15,16). The second-order valence-electron chi connectivity index (χ2n) is 4.47. The molecule has 1 rings (SSSR count). The number of urea groups is 1. The molecule has 98 valence electrons. The monoisotopic (exact) mass is 244 g/mol. The lowest BCUT2D eigenvalue weighted by Gasteiger charge is -2.37. The molecular weight excluding hydrogens is 224 g/mol. The van der Waals surface area contributed by atoms with E-state index in [1.165, 1.54) is 9.80 Å². The number of piperidine rings is 1. The topological polar surface area (TPSA) is 81.1 Å². The minimum Gasteiger partial charge on any atom is -0.480 e. The van der Waals surface area contributed by atoms with E-state index in [2.05, 4.69) is 0 Å². The van der Waals surface area contributed by atoms with Crippen molar-refractivity contribution < 1.29 is 19.8 Å². The first-order valence-corrected chi connectivity index (χ1v) is 5.86. The highest BCUT2D eigenvalue weighted by Crippen LogP contribution is 2.19. The molecular formula is C11H20N2O4. The van der Waals surface area contributed by atoms with Crippen LogP contribution in [0.5, 0.6) is 0 Å². The molecule has 0 aromatic carbocycles. The number of carboxylic acid groups (broad SMARTS) is 1. The molecule has 0 spiro atoms. The van der Waals surface area contributed by atoms with Crippen molar-refractivity contribution in [2.75, 3.05) is 20.2 Å². The predicted octanol–water partition coefficient (Wildman–Crippen LogP) is 0.358. The zero-order chi connectivity index (χ0) is 13.0. The van der Waals surface area contributed by atoms with Crippen molar-refractivity contribution in [2.45, 2.75) is 38.3 Å². The summed E-state index contributed by atoms with van der Waals surface area (Å²) in [5, 5.41) is 18.1. The number of hydrogen-bond donors (Lipinski definition) is 2. The zero-order valence-electron chi connectivity index (χ0n) is 10.3. The summed E-state index contributed by atoms with van der Waals surface area (Å²) in [6.07, 6.45) is 2.17. The number of rotatable bonds is 3. The third kappa shape index (κ3) is 3.09. The van der Waals surface area contributed by atoms with Gasteiger partial charge < -0.3 is 20.0 Å². The predicted molar refractivity (Wildman–Crippen MR) is 61.7 cm³/mol. The number of carbonyl (C=O) groups is 2. The maximum atomic E-state index is 12.1. The Kier molecular flexibility index (Phi) is 4.74. The van der Waals surface area contributed by atoms with Crippen molar-refractivity contribution in [3.8, 4) is 0 Å². The van der Waals surface area contributed by atoms with E-state index in [9.17, 15) is 9.59 Å². The fraction of sp³-hybridized carbons (Fsp3) is 0.818. The molecule has 6 nitrogen and oxygen atoms in total. The van der Waals surface area contributed by atoms with Gasteiger partial charge in [0, 0.05) is 13.6 Å². The third-order valence-corrected chi connectivity index (χ3v) is 3.26. The summed E-state index contributed by atoms with van der Waals surface area (Å²) in [5.74, 6) is -0.955. The number of hydrogen-bond acceptors (Lipinski definition) is 3. The van der Waals surface area contributed by atoms with Gasteiger partial charge in [0.1, 0.15) is 6.04 Å². The summed E-state index contributed by atoms with van der Waals surface area (Å²) in [6.45, 7) is 2.06. The quantitative estimate of drug-likeness (QED) is 0.751. The lowest BCUT2D eigenvalue weighted by molar-refractivity contribution is -0.143. The van der Waals surface area contributed by atoms with Crippen LogP contribution in [-0.2, 0) is 4.79 Å². The number of aliphatic carboxylic acids is 1. The summed E-state index contributed by atoms with van der Waals surface area (Å²) in [7, 11) is 1.58. The Balaban J connectivity index is 2.74. The minimum atomic E-state index is -0.955. The van der Waals surface area contributed by atoms with Gasteiger partial charge in [0.2, 0.25) is 0 Å². The van der Waals surface area contributed by atoms with Crippen LogP contribution in [0.3, 0.4) is 0 Å². The van der Waals surface area contributed by atoms with E-state index < -0.39 is 12.0 Å². The van der Waals surface area contributed by atoms with E-state index in [4.69, 9.17) is 10.2 Å². The van der Waals surface area contributed by atoms with E-state index >= 15 is 0 Å². The van der Waals surface area contributed by atoms with E-state index in [1.54, 1.807) is 14.0 Å². The second-order valence-corrected chi connectivity index (χ2v) is 4.47. The Morgan fingerprint density at radius 2 is 2.12 bits per heavy atom. The molecule has 2 unspecified atom stereocenters. The minimum absolute atomic E-state index is 0.131. The third-order valence-electron chi connectivity index (χ3n) is 3.26. The lowest BCUT2D eigenvalue weighted by Crippen LogP contribution is -2.54. The van der Waals surface area contributed by atoms with Crippen molar-refractivity contribution in [2.24, 2.45) is 0 Å². The number of aliphatic hydroxyl groups is 1. The van der Waals surface area contributed by atoms with Gasteiger partial charge in [0.15, 0.2) is 0 Å². The summed E-state index contributed by atoms with van der Waals surface area (Å²) in [5.41, 5.74) is 0. The van der Waals surface area contributed by atoms with Gasteiger partial charge in [0.25, 0.3) is 0 Å². The Labute approximate surface area is 101 Å². The SMILES string of the molecule is CC(CO)N(C)C(=O)N1CCCCC1C(=O)O. The number of aliphatic hydroxyl groups excluding tert-OH is 1. The average molecular weight is 244 g/mol. The summed E-state index contributed by atoms with van der Waals surface area (Å²) in [4.78, 5) is 25.9. The fourth-order valence-electron chi connectivity index (χ4n) is 1.93.